The molecule has 110 valence electrons. The van der Waals surface area contributed by atoms with E-state index in [9.17, 15) is 0 Å². The molecule has 1 saturated carbocycles. The van der Waals surface area contributed by atoms with Crippen LogP contribution in [0.2, 0.25) is 0 Å². The first-order chi connectivity index (χ1) is 10.3. The van der Waals surface area contributed by atoms with Crippen molar-refractivity contribution < 1.29 is 4.74 Å². The Kier molecular flexibility index (Phi) is 4.40. The fourth-order valence-electron chi connectivity index (χ4n) is 3.95. The molecular formula is C20H24O. The number of hydrogen-bond acceptors (Lipinski definition) is 1. The lowest BCUT2D eigenvalue weighted by atomic mass is 9.73. The van der Waals surface area contributed by atoms with Gasteiger partial charge in [-0.2, -0.15) is 0 Å². The van der Waals surface area contributed by atoms with Crippen LogP contribution < -0.4 is 0 Å². The highest BCUT2D eigenvalue weighted by molar-refractivity contribution is 5.22. The minimum Gasteiger partial charge on any atom is -0.381 e. The molecule has 0 amide bonds. The summed E-state index contributed by atoms with van der Waals surface area (Å²) >= 11 is 0. The van der Waals surface area contributed by atoms with E-state index >= 15 is 0 Å². The molecule has 2 aromatic rings. The lowest BCUT2D eigenvalue weighted by Gasteiger charge is -2.35. The average Bonchev–Trinajstić information content (AvgIpc) is 2.91. The minimum absolute atomic E-state index is 0.247. The second kappa shape index (κ2) is 6.44. The molecule has 1 atom stereocenters. The molecule has 1 aliphatic rings. The lowest BCUT2D eigenvalue weighted by Crippen LogP contribution is -2.36. The quantitative estimate of drug-likeness (QED) is 0.774. The average molecular weight is 280 g/mol. The van der Waals surface area contributed by atoms with Gasteiger partial charge in [-0.15, -0.1) is 0 Å². The lowest BCUT2D eigenvalue weighted by molar-refractivity contribution is 0.0102. The summed E-state index contributed by atoms with van der Waals surface area (Å²) < 4.78 is 5.87. The molecule has 0 spiro atoms. The van der Waals surface area contributed by atoms with Crippen LogP contribution in [0.4, 0.5) is 0 Å². The van der Waals surface area contributed by atoms with E-state index in [2.05, 4.69) is 60.7 Å². The van der Waals surface area contributed by atoms with Gasteiger partial charge in [0.05, 0.1) is 6.10 Å². The molecule has 1 nitrogen and oxygen atoms in total. The summed E-state index contributed by atoms with van der Waals surface area (Å²) in [4.78, 5) is 0. The van der Waals surface area contributed by atoms with E-state index in [0.29, 0.717) is 6.10 Å². The van der Waals surface area contributed by atoms with Crippen LogP contribution in [-0.4, -0.2) is 13.2 Å². The Hall–Kier alpha value is -1.60. The van der Waals surface area contributed by atoms with Crippen molar-refractivity contribution in [1.82, 2.24) is 0 Å². The standard InChI is InChI=1S/C20H24O/c1-21-19-13-8-14-20(19,15-17-9-4-2-5-10-17)16-18-11-6-3-7-12-18/h2-7,9-12,19H,8,13-16H2,1H3. The van der Waals surface area contributed by atoms with E-state index < -0.39 is 0 Å². The van der Waals surface area contributed by atoms with Crippen molar-refractivity contribution in [1.29, 1.82) is 0 Å². The molecule has 3 rings (SSSR count). The van der Waals surface area contributed by atoms with Crippen molar-refractivity contribution in [2.24, 2.45) is 5.41 Å². The molecule has 21 heavy (non-hydrogen) atoms. The predicted octanol–water partition coefficient (Wildman–Crippen LogP) is 4.66. The van der Waals surface area contributed by atoms with E-state index in [1.807, 2.05) is 7.11 Å². The molecule has 0 aromatic heterocycles. The smallest absolute Gasteiger partial charge is 0.0633 e. The third kappa shape index (κ3) is 3.19. The van der Waals surface area contributed by atoms with Gasteiger partial charge in [-0.1, -0.05) is 67.1 Å². The van der Waals surface area contributed by atoms with E-state index in [0.717, 1.165) is 12.8 Å². The van der Waals surface area contributed by atoms with Crippen LogP contribution >= 0.6 is 0 Å². The van der Waals surface area contributed by atoms with E-state index in [1.165, 1.54) is 30.4 Å². The summed E-state index contributed by atoms with van der Waals surface area (Å²) in [5, 5.41) is 0. The van der Waals surface area contributed by atoms with E-state index in [-0.39, 0.29) is 5.41 Å². The second-order valence-electron chi connectivity index (χ2n) is 6.30. The van der Waals surface area contributed by atoms with Crippen LogP contribution in [-0.2, 0) is 17.6 Å². The number of hydrogen-bond donors (Lipinski definition) is 0. The summed E-state index contributed by atoms with van der Waals surface area (Å²) in [7, 11) is 1.88. The van der Waals surface area contributed by atoms with Gasteiger partial charge in [0.15, 0.2) is 0 Å². The predicted molar refractivity (Wildman–Crippen MR) is 87.4 cm³/mol. The van der Waals surface area contributed by atoms with Gasteiger partial charge in [-0.25, -0.2) is 0 Å². The van der Waals surface area contributed by atoms with Crippen LogP contribution in [0.25, 0.3) is 0 Å². The maximum absolute atomic E-state index is 5.87. The van der Waals surface area contributed by atoms with Gasteiger partial charge in [0.1, 0.15) is 0 Å². The van der Waals surface area contributed by atoms with Gasteiger partial charge in [-0.05, 0) is 36.8 Å². The summed E-state index contributed by atoms with van der Waals surface area (Å²) in [5.41, 5.74) is 3.10. The Balaban J connectivity index is 1.88. The molecule has 1 fully saturated rings. The number of benzene rings is 2. The SMILES string of the molecule is COC1CCCC1(Cc1ccccc1)Cc1ccccc1. The van der Waals surface area contributed by atoms with Crippen LogP contribution in [0.15, 0.2) is 60.7 Å². The third-order valence-electron chi connectivity index (χ3n) is 4.91. The molecule has 0 saturated heterocycles. The monoisotopic (exact) mass is 280 g/mol. The van der Waals surface area contributed by atoms with Gasteiger partial charge >= 0.3 is 0 Å². The summed E-state index contributed by atoms with van der Waals surface area (Å²) in [6.07, 6.45) is 6.32. The Morgan fingerprint density at radius 3 is 1.90 bits per heavy atom. The Morgan fingerprint density at radius 2 is 1.43 bits per heavy atom. The first-order valence-electron chi connectivity index (χ1n) is 7.93. The Morgan fingerprint density at radius 1 is 0.905 bits per heavy atom. The normalized spacial score (nSPS) is 20.5. The maximum atomic E-state index is 5.87. The van der Waals surface area contributed by atoms with Gasteiger partial charge in [0, 0.05) is 12.5 Å². The van der Waals surface area contributed by atoms with Crippen LogP contribution in [0.1, 0.15) is 30.4 Å². The van der Waals surface area contributed by atoms with Gasteiger partial charge in [-0.3, -0.25) is 0 Å². The van der Waals surface area contributed by atoms with Crippen molar-refractivity contribution in [3.05, 3.63) is 71.8 Å². The highest BCUT2D eigenvalue weighted by Crippen LogP contribution is 2.45. The van der Waals surface area contributed by atoms with Gasteiger partial charge in [0.2, 0.25) is 0 Å². The number of rotatable bonds is 5. The molecule has 0 aliphatic heterocycles. The van der Waals surface area contributed by atoms with Crippen molar-refractivity contribution in [3.8, 4) is 0 Å². The minimum atomic E-state index is 0.247. The van der Waals surface area contributed by atoms with Gasteiger partial charge < -0.3 is 4.74 Å². The van der Waals surface area contributed by atoms with E-state index in [4.69, 9.17) is 4.74 Å². The molecule has 0 radical (unpaired) electrons. The summed E-state index contributed by atoms with van der Waals surface area (Å²) in [6.45, 7) is 0. The zero-order valence-corrected chi connectivity index (χ0v) is 12.8. The van der Waals surface area contributed by atoms with Crippen LogP contribution in [0, 0.1) is 5.41 Å². The molecule has 1 heteroatoms. The second-order valence-corrected chi connectivity index (χ2v) is 6.30. The number of ether oxygens (including phenoxy) is 1. The first kappa shape index (κ1) is 14.3. The Bertz CT molecular complexity index is 505. The fourth-order valence-corrected chi connectivity index (χ4v) is 3.95. The molecule has 2 aromatic carbocycles. The third-order valence-corrected chi connectivity index (χ3v) is 4.91. The van der Waals surface area contributed by atoms with Crippen molar-refractivity contribution in [2.75, 3.05) is 7.11 Å². The molecule has 0 bridgehead atoms. The number of methoxy groups -OCH3 is 1. The summed E-state index contributed by atoms with van der Waals surface area (Å²) in [6, 6.07) is 21.7. The molecule has 0 heterocycles. The summed E-state index contributed by atoms with van der Waals surface area (Å²) in [5.74, 6) is 0. The molecule has 1 aliphatic carbocycles. The van der Waals surface area contributed by atoms with Gasteiger partial charge in [0.25, 0.3) is 0 Å². The maximum Gasteiger partial charge on any atom is 0.0633 e. The van der Waals surface area contributed by atoms with Crippen molar-refractivity contribution in [3.63, 3.8) is 0 Å². The highest BCUT2D eigenvalue weighted by Gasteiger charge is 2.43. The molecular weight excluding hydrogens is 256 g/mol. The van der Waals surface area contributed by atoms with Crippen LogP contribution in [0.3, 0.4) is 0 Å². The highest BCUT2D eigenvalue weighted by atomic mass is 16.5. The first-order valence-corrected chi connectivity index (χ1v) is 7.93. The molecule has 0 N–H and O–H groups in total. The largest absolute Gasteiger partial charge is 0.381 e. The zero-order valence-electron chi connectivity index (χ0n) is 12.8. The van der Waals surface area contributed by atoms with Crippen molar-refractivity contribution >= 4 is 0 Å². The molecule has 1 unspecified atom stereocenters. The van der Waals surface area contributed by atoms with E-state index in [1.54, 1.807) is 0 Å². The Labute approximate surface area is 128 Å². The van der Waals surface area contributed by atoms with Crippen molar-refractivity contribution in [2.45, 2.75) is 38.2 Å². The zero-order chi connectivity index (χ0) is 14.5. The fraction of sp³-hybridized carbons (Fsp3) is 0.400. The van der Waals surface area contributed by atoms with Crippen LogP contribution in [0.5, 0.6) is 0 Å². The topological polar surface area (TPSA) is 9.23 Å².